The summed E-state index contributed by atoms with van der Waals surface area (Å²) in [6.45, 7) is 1.81. The quantitative estimate of drug-likeness (QED) is 0.840. The standard InChI is InChI=1S/C15H14Cl2N2OS.ClH/c16-11-2-1-9(7-12(11)17)13-3-4-14(21-13)15(20)19-10-5-6-18-8-10;/h1-4,7,10,18H,5-6,8H2,(H,19,20);1H. The predicted octanol–water partition coefficient (Wildman–Crippen LogP) is 4.24. The monoisotopic (exact) mass is 376 g/mol. The second-order valence-corrected chi connectivity index (χ2v) is 6.85. The smallest absolute Gasteiger partial charge is 0.261 e. The third-order valence-corrected chi connectivity index (χ3v) is 5.30. The summed E-state index contributed by atoms with van der Waals surface area (Å²) in [7, 11) is 0. The van der Waals surface area contributed by atoms with E-state index in [1.807, 2.05) is 24.3 Å². The number of thiophene rings is 1. The molecule has 0 bridgehead atoms. The summed E-state index contributed by atoms with van der Waals surface area (Å²) in [5, 5.41) is 7.33. The van der Waals surface area contributed by atoms with Crippen molar-refractivity contribution in [2.24, 2.45) is 0 Å². The van der Waals surface area contributed by atoms with E-state index in [2.05, 4.69) is 10.6 Å². The number of hydrogen-bond donors (Lipinski definition) is 2. The van der Waals surface area contributed by atoms with E-state index >= 15 is 0 Å². The van der Waals surface area contributed by atoms with Crippen molar-refractivity contribution in [3.8, 4) is 10.4 Å². The first-order valence-corrected chi connectivity index (χ1v) is 8.27. The van der Waals surface area contributed by atoms with Gasteiger partial charge >= 0.3 is 0 Å². The Morgan fingerprint density at radius 2 is 2.05 bits per heavy atom. The van der Waals surface area contributed by atoms with Crippen molar-refractivity contribution < 1.29 is 4.79 Å². The van der Waals surface area contributed by atoms with E-state index in [4.69, 9.17) is 23.2 Å². The largest absolute Gasteiger partial charge is 0.347 e. The van der Waals surface area contributed by atoms with Crippen LogP contribution in [0, 0.1) is 0 Å². The van der Waals surface area contributed by atoms with E-state index in [9.17, 15) is 4.79 Å². The Bertz CT molecular complexity index is 669. The summed E-state index contributed by atoms with van der Waals surface area (Å²) in [6, 6.07) is 9.50. The number of hydrogen-bond acceptors (Lipinski definition) is 3. The van der Waals surface area contributed by atoms with Gasteiger partial charge in [-0.25, -0.2) is 0 Å². The van der Waals surface area contributed by atoms with Crippen molar-refractivity contribution in [3.63, 3.8) is 0 Å². The summed E-state index contributed by atoms with van der Waals surface area (Å²) < 4.78 is 0. The lowest BCUT2D eigenvalue weighted by Gasteiger charge is -2.09. The molecule has 1 atom stereocenters. The van der Waals surface area contributed by atoms with Crippen LogP contribution in [0.3, 0.4) is 0 Å². The highest BCUT2D eigenvalue weighted by Gasteiger charge is 2.18. The summed E-state index contributed by atoms with van der Waals surface area (Å²) in [4.78, 5) is 13.9. The molecule has 1 aromatic carbocycles. The van der Waals surface area contributed by atoms with E-state index in [0.717, 1.165) is 30.0 Å². The molecule has 0 radical (unpaired) electrons. The zero-order chi connectivity index (χ0) is 14.8. The zero-order valence-corrected chi connectivity index (χ0v) is 14.7. The van der Waals surface area contributed by atoms with Gasteiger partial charge in [0.05, 0.1) is 14.9 Å². The molecule has 1 amide bonds. The Morgan fingerprint density at radius 3 is 2.73 bits per heavy atom. The van der Waals surface area contributed by atoms with Crippen LogP contribution in [-0.4, -0.2) is 25.0 Å². The van der Waals surface area contributed by atoms with Gasteiger partial charge in [-0.1, -0.05) is 29.3 Å². The highest BCUT2D eigenvalue weighted by molar-refractivity contribution is 7.17. The Balaban J connectivity index is 0.00000176. The highest BCUT2D eigenvalue weighted by Crippen LogP contribution is 2.32. The van der Waals surface area contributed by atoms with E-state index in [1.165, 1.54) is 11.3 Å². The Labute approximate surface area is 149 Å². The SMILES string of the molecule is Cl.O=C(NC1CCNC1)c1ccc(-c2ccc(Cl)c(Cl)c2)s1. The fraction of sp³-hybridized carbons (Fsp3) is 0.267. The molecule has 2 N–H and O–H groups in total. The van der Waals surface area contributed by atoms with Gasteiger partial charge in [0.1, 0.15) is 0 Å². The zero-order valence-electron chi connectivity index (χ0n) is 11.6. The maximum atomic E-state index is 12.2. The first kappa shape index (κ1) is 17.6. The van der Waals surface area contributed by atoms with Crippen molar-refractivity contribution >= 4 is 52.9 Å². The van der Waals surface area contributed by atoms with Crippen LogP contribution >= 0.6 is 46.9 Å². The molecule has 0 spiro atoms. The van der Waals surface area contributed by atoms with Crippen LogP contribution in [0.25, 0.3) is 10.4 Å². The van der Waals surface area contributed by atoms with Gasteiger partial charge in [0.15, 0.2) is 0 Å². The number of nitrogens with one attached hydrogen (secondary N) is 2. The topological polar surface area (TPSA) is 41.1 Å². The van der Waals surface area contributed by atoms with E-state index in [-0.39, 0.29) is 24.4 Å². The second kappa shape index (κ2) is 7.66. The lowest BCUT2D eigenvalue weighted by Crippen LogP contribution is -2.35. The molecule has 1 fully saturated rings. The van der Waals surface area contributed by atoms with Gasteiger partial charge in [0, 0.05) is 17.5 Å². The number of halogens is 3. The highest BCUT2D eigenvalue weighted by atomic mass is 35.5. The minimum Gasteiger partial charge on any atom is -0.347 e. The number of amides is 1. The number of benzene rings is 1. The molecule has 0 aliphatic carbocycles. The fourth-order valence-corrected chi connectivity index (χ4v) is 3.50. The van der Waals surface area contributed by atoms with Crippen LogP contribution in [0.5, 0.6) is 0 Å². The molecule has 7 heteroatoms. The van der Waals surface area contributed by atoms with E-state index in [1.54, 1.807) is 6.07 Å². The molecule has 2 heterocycles. The molecule has 2 aromatic rings. The van der Waals surface area contributed by atoms with Gasteiger partial charge in [0.25, 0.3) is 5.91 Å². The predicted molar refractivity (Wildman–Crippen MR) is 95.8 cm³/mol. The Kier molecular flexibility index (Phi) is 6.12. The first-order valence-electron chi connectivity index (χ1n) is 6.70. The summed E-state index contributed by atoms with van der Waals surface area (Å²) >= 11 is 13.4. The summed E-state index contributed by atoms with van der Waals surface area (Å²) in [6.07, 6.45) is 0.983. The van der Waals surface area contributed by atoms with Crippen LogP contribution < -0.4 is 10.6 Å². The number of rotatable bonds is 3. The maximum absolute atomic E-state index is 12.2. The van der Waals surface area contributed by atoms with Gasteiger partial charge in [0.2, 0.25) is 0 Å². The van der Waals surface area contributed by atoms with Gasteiger partial charge < -0.3 is 10.6 Å². The summed E-state index contributed by atoms with van der Waals surface area (Å²) in [5.74, 6) is -0.0139. The number of carbonyl (C=O) groups is 1. The normalized spacial score (nSPS) is 17.1. The van der Waals surface area contributed by atoms with E-state index in [0.29, 0.717) is 14.9 Å². The molecular formula is C15H15Cl3N2OS. The molecule has 118 valence electrons. The molecule has 0 saturated carbocycles. The van der Waals surface area contributed by atoms with Crippen molar-refractivity contribution in [3.05, 3.63) is 45.3 Å². The summed E-state index contributed by atoms with van der Waals surface area (Å²) in [5.41, 5.74) is 0.969. The van der Waals surface area contributed by atoms with Crippen LogP contribution in [0.2, 0.25) is 10.0 Å². The van der Waals surface area contributed by atoms with Crippen LogP contribution in [0.15, 0.2) is 30.3 Å². The maximum Gasteiger partial charge on any atom is 0.261 e. The molecule has 1 aliphatic rings. The molecule has 3 rings (SSSR count). The third-order valence-electron chi connectivity index (χ3n) is 3.43. The molecule has 1 unspecified atom stereocenters. The van der Waals surface area contributed by atoms with Crippen LogP contribution in [0.1, 0.15) is 16.1 Å². The minimum atomic E-state index is -0.0139. The molecule has 3 nitrogen and oxygen atoms in total. The van der Waals surface area contributed by atoms with Gasteiger partial charge in [-0.05, 0) is 42.8 Å². The van der Waals surface area contributed by atoms with Gasteiger partial charge in [-0.15, -0.1) is 23.7 Å². The van der Waals surface area contributed by atoms with Gasteiger partial charge in [-0.2, -0.15) is 0 Å². The minimum absolute atomic E-state index is 0. The van der Waals surface area contributed by atoms with Crippen molar-refractivity contribution in [1.82, 2.24) is 10.6 Å². The lowest BCUT2D eigenvalue weighted by atomic mass is 10.2. The van der Waals surface area contributed by atoms with Gasteiger partial charge in [-0.3, -0.25) is 4.79 Å². The molecule has 1 aromatic heterocycles. The second-order valence-electron chi connectivity index (χ2n) is 4.96. The van der Waals surface area contributed by atoms with E-state index < -0.39 is 0 Å². The first-order chi connectivity index (χ1) is 10.1. The third kappa shape index (κ3) is 3.94. The average molecular weight is 378 g/mol. The molecule has 22 heavy (non-hydrogen) atoms. The fourth-order valence-electron chi connectivity index (χ4n) is 2.30. The van der Waals surface area contributed by atoms with Crippen LogP contribution in [0.4, 0.5) is 0 Å². The molecule has 1 aliphatic heterocycles. The lowest BCUT2D eigenvalue weighted by molar-refractivity contribution is 0.0944. The van der Waals surface area contributed by atoms with Crippen molar-refractivity contribution in [1.29, 1.82) is 0 Å². The molecule has 1 saturated heterocycles. The Hall–Kier alpha value is -0.780. The van der Waals surface area contributed by atoms with Crippen LogP contribution in [-0.2, 0) is 0 Å². The molecular weight excluding hydrogens is 363 g/mol. The van der Waals surface area contributed by atoms with Crippen molar-refractivity contribution in [2.45, 2.75) is 12.5 Å². The average Bonchev–Trinajstić information content (AvgIpc) is 3.12. The van der Waals surface area contributed by atoms with Crippen molar-refractivity contribution in [2.75, 3.05) is 13.1 Å². The number of carbonyl (C=O) groups excluding carboxylic acids is 1. The Morgan fingerprint density at radius 1 is 1.23 bits per heavy atom.